The third-order valence-corrected chi connectivity index (χ3v) is 3.51. The Morgan fingerprint density at radius 3 is 2.82 bits per heavy atom. The summed E-state index contributed by atoms with van der Waals surface area (Å²) < 4.78 is 0. The number of nitrogens with one attached hydrogen (secondary N) is 1. The van der Waals surface area contributed by atoms with Gasteiger partial charge in [0.25, 0.3) is 0 Å². The van der Waals surface area contributed by atoms with Gasteiger partial charge in [-0.25, -0.2) is 0 Å². The molecule has 92 valence electrons. The third-order valence-electron chi connectivity index (χ3n) is 3.51. The minimum absolute atomic E-state index is 0.0713. The monoisotopic (exact) mass is 234 g/mol. The van der Waals surface area contributed by atoms with E-state index < -0.39 is 5.54 Å². The van der Waals surface area contributed by atoms with E-state index in [1.807, 2.05) is 32.3 Å². The number of rotatable bonds is 3. The van der Waals surface area contributed by atoms with Gasteiger partial charge in [0.05, 0.1) is 5.54 Å². The summed E-state index contributed by atoms with van der Waals surface area (Å²) in [6, 6.07) is 1.97. The van der Waals surface area contributed by atoms with Crippen molar-refractivity contribution in [3.8, 4) is 0 Å². The number of H-pyrrole nitrogens is 1. The first-order chi connectivity index (χ1) is 8.01. The van der Waals surface area contributed by atoms with Crippen LogP contribution >= 0.6 is 0 Å². The van der Waals surface area contributed by atoms with Gasteiger partial charge in [-0.15, -0.1) is 0 Å². The quantitative estimate of drug-likeness (QED) is 0.862. The molecule has 0 spiro atoms. The molecule has 1 aliphatic heterocycles. The molecule has 17 heavy (non-hydrogen) atoms. The van der Waals surface area contributed by atoms with Crippen LogP contribution in [0.5, 0.6) is 0 Å². The van der Waals surface area contributed by atoms with E-state index in [4.69, 9.17) is 0 Å². The number of nitrogens with zero attached hydrogens (tertiary/aromatic N) is 1. The van der Waals surface area contributed by atoms with Crippen molar-refractivity contribution >= 4 is 11.7 Å². The molecule has 0 aromatic carbocycles. The van der Waals surface area contributed by atoms with Crippen LogP contribution in [0, 0.1) is 0 Å². The predicted molar refractivity (Wildman–Crippen MR) is 64.5 cm³/mol. The predicted octanol–water partition coefficient (Wildman–Crippen LogP) is 1.53. The highest BCUT2D eigenvalue weighted by Gasteiger charge is 2.42. The molecule has 2 heterocycles. The first kappa shape index (κ1) is 11.9. The lowest BCUT2D eigenvalue weighted by Gasteiger charge is -2.30. The fourth-order valence-corrected chi connectivity index (χ4v) is 2.29. The molecule has 0 atom stereocenters. The molecule has 1 amide bonds. The van der Waals surface area contributed by atoms with Crippen molar-refractivity contribution in [3.05, 3.63) is 24.0 Å². The van der Waals surface area contributed by atoms with Crippen LogP contribution in [-0.2, 0) is 16.0 Å². The summed E-state index contributed by atoms with van der Waals surface area (Å²) >= 11 is 0. The number of carbonyl (C=O) groups excluding carboxylic acids is 2. The molecule has 1 saturated heterocycles. The molecule has 4 nitrogen and oxygen atoms in total. The van der Waals surface area contributed by atoms with Crippen molar-refractivity contribution in [2.75, 3.05) is 6.54 Å². The van der Waals surface area contributed by atoms with Gasteiger partial charge in [0.1, 0.15) is 0 Å². The van der Waals surface area contributed by atoms with Gasteiger partial charge < -0.3 is 9.88 Å². The van der Waals surface area contributed by atoms with Crippen molar-refractivity contribution in [1.29, 1.82) is 0 Å². The summed E-state index contributed by atoms with van der Waals surface area (Å²) in [5.41, 5.74) is 0.511. The Morgan fingerprint density at radius 2 is 2.29 bits per heavy atom. The summed E-state index contributed by atoms with van der Waals surface area (Å²) in [7, 11) is 0. The summed E-state index contributed by atoms with van der Waals surface area (Å²) in [6.45, 7) is 4.23. The van der Waals surface area contributed by atoms with E-state index >= 15 is 0 Å². The molecule has 1 aromatic heterocycles. The molecule has 0 aliphatic carbocycles. The van der Waals surface area contributed by atoms with Gasteiger partial charge in [-0.1, -0.05) is 0 Å². The van der Waals surface area contributed by atoms with Gasteiger partial charge in [-0.05, 0) is 31.9 Å². The molecule has 1 aliphatic rings. The minimum atomic E-state index is -0.616. The van der Waals surface area contributed by atoms with Crippen LogP contribution in [0.4, 0.5) is 0 Å². The van der Waals surface area contributed by atoms with Crippen molar-refractivity contribution < 1.29 is 9.59 Å². The van der Waals surface area contributed by atoms with Crippen LogP contribution in [0.1, 0.15) is 32.3 Å². The van der Waals surface area contributed by atoms with E-state index in [1.54, 1.807) is 4.90 Å². The zero-order chi connectivity index (χ0) is 12.5. The van der Waals surface area contributed by atoms with Crippen LogP contribution in [0.2, 0.25) is 0 Å². The number of aryl methyl sites for hydroxylation is 1. The Balaban J connectivity index is 1.95. The maximum Gasteiger partial charge on any atom is 0.223 e. The molecule has 0 bridgehead atoms. The number of aromatic amines is 1. The lowest BCUT2D eigenvalue weighted by molar-refractivity contribution is -0.138. The Labute approximate surface area is 101 Å². The van der Waals surface area contributed by atoms with Gasteiger partial charge in [-0.2, -0.15) is 0 Å². The lowest BCUT2D eigenvalue weighted by Crippen LogP contribution is -2.46. The van der Waals surface area contributed by atoms with Gasteiger partial charge in [0.2, 0.25) is 5.91 Å². The molecule has 1 fully saturated rings. The lowest BCUT2D eigenvalue weighted by atomic mass is 10.00. The zero-order valence-corrected chi connectivity index (χ0v) is 10.3. The van der Waals surface area contributed by atoms with E-state index in [1.165, 1.54) is 0 Å². The van der Waals surface area contributed by atoms with Crippen molar-refractivity contribution in [1.82, 2.24) is 9.88 Å². The first-order valence-electron chi connectivity index (χ1n) is 5.97. The number of Topliss-reactive ketones (excluding diaryl/α,β-unsaturated/α-hetero) is 1. The van der Waals surface area contributed by atoms with Gasteiger partial charge in [0, 0.05) is 31.8 Å². The molecule has 1 N–H and O–H groups in total. The van der Waals surface area contributed by atoms with E-state index in [2.05, 4.69) is 4.98 Å². The summed E-state index contributed by atoms with van der Waals surface area (Å²) in [5, 5.41) is 0. The standard InChI is InChI=1S/C13H18N2O2/c1-13(2)11(16)6-8-15(13)12(17)4-3-10-5-7-14-9-10/h5,7,9,14H,3-4,6,8H2,1-2H3. The van der Waals surface area contributed by atoms with Crippen LogP contribution in [0.15, 0.2) is 18.5 Å². The number of aromatic nitrogens is 1. The Kier molecular flexibility index (Phi) is 3.05. The molecule has 1 aromatic rings. The second-order valence-electron chi connectivity index (χ2n) is 5.00. The van der Waals surface area contributed by atoms with Crippen LogP contribution in [-0.4, -0.2) is 33.7 Å². The normalized spacial score (nSPS) is 18.7. The molecular formula is C13H18N2O2. The Morgan fingerprint density at radius 1 is 1.53 bits per heavy atom. The maximum atomic E-state index is 12.1. The second-order valence-corrected chi connectivity index (χ2v) is 5.00. The first-order valence-corrected chi connectivity index (χ1v) is 5.97. The number of likely N-dealkylation sites (tertiary alicyclic amines) is 1. The number of carbonyl (C=O) groups is 2. The summed E-state index contributed by atoms with van der Waals surface area (Å²) in [6.07, 6.45) is 5.43. The van der Waals surface area contributed by atoms with Crippen molar-refractivity contribution in [3.63, 3.8) is 0 Å². The van der Waals surface area contributed by atoms with E-state index in [0.717, 1.165) is 12.0 Å². The van der Waals surface area contributed by atoms with E-state index in [0.29, 0.717) is 19.4 Å². The molecule has 0 saturated carbocycles. The largest absolute Gasteiger partial charge is 0.367 e. The second kappa shape index (κ2) is 4.35. The number of hydrogen-bond acceptors (Lipinski definition) is 2. The topological polar surface area (TPSA) is 53.2 Å². The smallest absolute Gasteiger partial charge is 0.223 e. The minimum Gasteiger partial charge on any atom is -0.367 e. The fraction of sp³-hybridized carbons (Fsp3) is 0.538. The molecule has 0 unspecified atom stereocenters. The highest BCUT2D eigenvalue weighted by atomic mass is 16.2. The molecular weight excluding hydrogens is 216 g/mol. The van der Waals surface area contributed by atoms with Crippen molar-refractivity contribution in [2.24, 2.45) is 0 Å². The fourth-order valence-electron chi connectivity index (χ4n) is 2.29. The van der Waals surface area contributed by atoms with E-state index in [9.17, 15) is 9.59 Å². The average molecular weight is 234 g/mol. The highest BCUT2D eigenvalue weighted by molar-refractivity contribution is 5.95. The third kappa shape index (κ3) is 2.25. The molecule has 0 radical (unpaired) electrons. The SMILES string of the molecule is CC1(C)C(=O)CCN1C(=O)CCc1cc[nH]c1. The summed E-state index contributed by atoms with van der Waals surface area (Å²) in [4.78, 5) is 28.4. The van der Waals surface area contributed by atoms with E-state index in [-0.39, 0.29) is 11.7 Å². The highest BCUT2D eigenvalue weighted by Crippen LogP contribution is 2.25. The van der Waals surface area contributed by atoms with Crippen LogP contribution in [0.3, 0.4) is 0 Å². The number of amides is 1. The van der Waals surface area contributed by atoms with Crippen LogP contribution < -0.4 is 0 Å². The maximum absolute atomic E-state index is 12.1. The average Bonchev–Trinajstić information content (AvgIpc) is 2.86. The van der Waals surface area contributed by atoms with Gasteiger partial charge in [0.15, 0.2) is 5.78 Å². The Bertz CT molecular complexity index is 421. The van der Waals surface area contributed by atoms with Crippen molar-refractivity contribution in [2.45, 2.75) is 38.6 Å². The Hall–Kier alpha value is -1.58. The van der Waals surface area contributed by atoms with Gasteiger partial charge >= 0.3 is 0 Å². The molecule has 4 heteroatoms. The molecule has 2 rings (SSSR count). The number of ketones is 1. The summed E-state index contributed by atoms with van der Waals surface area (Å²) in [5.74, 6) is 0.231. The zero-order valence-electron chi connectivity index (χ0n) is 10.3. The number of hydrogen-bond donors (Lipinski definition) is 1. The van der Waals surface area contributed by atoms with Gasteiger partial charge in [-0.3, -0.25) is 9.59 Å². The van der Waals surface area contributed by atoms with Crippen LogP contribution in [0.25, 0.3) is 0 Å².